The fourth-order valence-corrected chi connectivity index (χ4v) is 3.76. The molecule has 1 aliphatic rings. The predicted molar refractivity (Wildman–Crippen MR) is 117 cm³/mol. The molecule has 2 aromatic carbocycles. The minimum absolute atomic E-state index is 0.00622. The molecule has 168 valence electrons. The number of benzene rings is 2. The summed E-state index contributed by atoms with van der Waals surface area (Å²) >= 11 is 0. The van der Waals surface area contributed by atoms with Crippen LogP contribution in [-0.2, 0) is 9.53 Å². The van der Waals surface area contributed by atoms with Crippen LogP contribution in [0.3, 0.4) is 0 Å². The number of alkyl carbamates (subject to hydrolysis) is 1. The van der Waals surface area contributed by atoms with Crippen LogP contribution in [0.1, 0.15) is 53.0 Å². The van der Waals surface area contributed by atoms with Crippen molar-refractivity contribution in [1.82, 2.24) is 10.2 Å². The van der Waals surface area contributed by atoms with Gasteiger partial charge in [-0.05, 0) is 32.4 Å². The number of ether oxygens (including phenoxy) is 1. The molecule has 0 saturated carbocycles. The summed E-state index contributed by atoms with van der Waals surface area (Å²) in [5, 5.41) is 12.6. The van der Waals surface area contributed by atoms with Crippen molar-refractivity contribution >= 4 is 23.8 Å². The van der Waals surface area contributed by atoms with Gasteiger partial charge in [0.15, 0.2) is 5.78 Å². The Labute approximate surface area is 186 Å². The minimum atomic E-state index is -1.25. The molecule has 2 atom stereocenters. The molecule has 0 fully saturated rings. The highest BCUT2D eigenvalue weighted by atomic mass is 16.6. The summed E-state index contributed by atoms with van der Waals surface area (Å²) in [6, 6.07) is 13.4. The maximum absolute atomic E-state index is 13.4. The number of carbonyl (C=O) groups is 4. The third kappa shape index (κ3) is 4.96. The smallest absolute Gasteiger partial charge is 0.407 e. The van der Waals surface area contributed by atoms with E-state index in [-0.39, 0.29) is 18.7 Å². The maximum Gasteiger partial charge on any atom is 0.407 e. The standard InChI is InChI=1S/C24H26N2O6/c1-24(2,3)32-23(31)25-13-14-26-19(20(27)15-9-5-4-6-10-15)18(22(29)30)16-11-7-8-12-17(16)21(26)28/h4-12,18-19H,13-14H2,1-3H3,(H,25,31)(H,29,30). The highest BCUT2D eigenvalue weighted by Gasteiger charge is 2.47. The van der Waals surface area contributed by atoms with Gasteiger partial charge in [-0.3, -0.25) is 14.4 Å². The molecule has 0 spiro atoms. The summed E-state index contributed by atoms with van der Waals surface area (Å²) < 4.78 is 5.20. The molecule has 3 rings (SSSR count). The lowest BCUT2D eigenvalue weighted by atomic mass is 9.79. The van der Waals surface area contributed by atoms with E-state index < -0.39 is 41.3 Å². The van der Waals surface area contributed by atoms with E-state index in [2.05, 4.69) is 5.32 Å². The molecule has 2 unspecified atom stereocenters. The highest BCUT2D eigenvalue weighted by Crippen LogP contribution is 2.35. The predicted octanol–water partition coefficient (Wildman–Crippen LogP) is 3.09. The van der Waals surface area contributed by atoms with E-state index in [4.69, 9.17) is 4.74 Å². The lowest BCUT2D eigenvalue weighted by Crippen LogP contribution is -2.55. The number of Topliss-reactive ketones (excluding diaryl/α,β-unsaturated/α-hetero) is 1. The number of aliphatic carboxylic acids is 1. The molecule has 2 amide bonds. The minimum Gasteiger partial charge on any atom is -0.481 e. The number of hydrogen-bond donors (Lipinski definition) is 2. The van der Waals surface area contributed by atoms with Gasteiger partial charge in [0.05, 0.1) is 0 Å². The van der Waals surface area contributed by atoms with Gasteiger partial charge >= 0.3 is 12.1 Å². The molecule has 8 nitrogen and oxygen atoms in total. The average Bonchev–Trinajstić information content (AvgIpc) is 2.73. The number of ketones is 1. The normalized spacial score (nSPS) is 18.0. The van der Waals surface area contributed by atoms with Crippen LogP contribution in [0.5, 0.6) is 0 Å². The van der Waals surface area contributed by atoms with Crippen molar-refractivity contribution in [3.63, 3.8) is 0 Å². The Bertz CT molecular complexity index is 1030. The summed E-state index contributed by atoms with van der Waals surface area (Å²) in [6.45, 7) is 5.12. The van der Waals surface area contributed by atoms with Crippen molar-refractivity contribution in [1.29, 1.82) is 0 Å². The summed E-state index contributed by atoms with van der Waals surface area (Å²) in [6.07, 6.45) is -0.664. The van der Waals surface area contributed by atoms with Gasteiger partial charge < -0.3 is 20.1 Å². The quantitative estimate of drug-likeness (QED) is 0.670. The maximum atomic E-state index is 13.4. The van der Waals surface area contributed by atoms with Crippen molar-refractivity contribution < 1.29 is 29.0 Å². The first-order valence-electron chi connectivity index (χ1n) is 10.3. The molecule has 2 N–H and O–H groups in total. The fraction of sp³-hybridized carbons (Fsp3) is 0.333. The van der Waals surface area contributed by atoms with Crippen molar-refractivity contribution in [2.75, 3.05) is 13.1 Å². The van der Waals surface area contributed by atoms with Crippen LogP contribution in [0.2, 0.25) is 0 Å². The summed E-state index contributed by atoms with van der Waals surface area (Å²) in [5.74, 6) is -3.38. The van der Waals surface area contributed by atoms with E-state index in [0.717, 1.165) is 0 Å². The zero-order valence-corrected chi connectivity index (χ0v) is 18.2. The Morgan fingerprint density at radius 3 is 2.28 bits per heavy atom. The first-order valence-corrected chi connectivity index (χ1v) is 10.3. The first kappa shape index (κ1) is 23.0. The second kappa shape index (κ2) is 9.21. The molecule has 2 aromatic rings. The van der Waals surface area contributed by atoms with E-state index in [0.29, 0.717) is 11.1 Å². The van der Waals surface area contributed by atoms with Gasteiger partial charge in [0.1, 0.15) is 17.6 Å². The van der Waals surface area contributed by atoms with Gasteiger partial charge in [0.2, 0.25) is 0 Å². The Morgan fingerprint density at radius 2 is 1.66 bits per heavy atom. The van der Waals surface area contributed by atoms with E-state index in [1.54, 1.807) is 75.4 Å². The SMILES string of the molecule is CC(C)(C)OC(=O)NCCN1C(=O)c2ccccc2C(C(=O)O)C1C(=O)c1ccccc1. The average molecular weight is 438 g/mol. The van der Waals surface area contributed by atoms with Gasteiger partial charge in [0, 0.05) is 24.2 Å². The van der Waals surface area contributed by atoms with Crippen molar-refractivity contribution in [3.8, 4) is 0 Å². The molecule has 0 radical (unpaired) electrons. The van der Waals surface area contributed by atoms with Gasteiger partial charge in [-0.15, -0.1) is 0 Å². The first-order chi connectivity index (χ1) is 15.1. The number of nitrogens with one attached hydrogen (secondary N) is 1. The van der Waals surface area contributed by atoms with Crippen molar-refractivity contribution in [2.24, 2.45) is 0 Å². The van der Waals surface area contributed by atoms with E-state index in [9.17, 15) is 24.3 Å². The third-order valence-electron chi connectivity index (χ3n) is 5.05. The fourth-order valence-electron chi connectivity index (χ4n) is 3.76. The van der Waals surface area contributed by atoms with Gasteiger partial charge in [-0.1, -0.05) is 48.5 Å². The molecule has 0 aromatic heterocycles. The Balaban J connectivity index is 1.94. The highest BCUT2D eigenvalue weighted by molar-refractivity contribution is 6.10. The molecule has 0 aliphatic carbocycles. The van der Waals surface area contributed by atoms with Gasteiger partial charge in [-0.2, -0.15) is 0 Å². The molecule has 0 saturated heterocycles. The largest absolute Gasteiger partial charge is 0.481 e. The summed E-state index contributed by atoms with van der Waals surface area (Å²) in [5.41, 5.74) is 0.149. The van der Waals surface area contributed by atoms with Crippen LogP contribution in [0.25, 0.3) is 0 Å². The second-order valence-electron chi connectivity index (χ2n) is 8.51. The molecular formula is C24H26N2O6. The van der Waals surface area contributed by atoms with Crippen molar-refractivity contribution in [2.45, 2.75) is 38.3 Å². The third-order valence-corrected chi connectivity index (χ3v) is 5.05. The number of carboxylic acids is 1. The van der Waals surface area contributed by atoms with E-state index in [1.165, 1.54) is 4.90 Å². The Kier molecular flexibility index (Phi) is 6.62. The van der Waals surface area contributed by atoms with Crippen LogP contribution >= 0.6 is 0 Å². The van der Waals surface area contributed by atoms with Gasteiger partial charge in [0.25, 0.3) is 5.91 Å². The van der Waals surface area contributed by atoms with Crippen LogP contribution < -0.4 is 5.32 Å². The lowest BCUT2D eigenvalue weighted by Gasteiger charge is -2.39. The number of rotatable bonds is 6. The number of amides is 2. The van der Waals surface area contributed by atoms with E-state index in [1.807, 2.05) is 0 Å². The number of carbonyl (C=O) groups excluding carboxylic acids is 3. The summed E-state index contributed by atoms with van der Waals surface area (Å²) in [7, 11) is 0. The zero-order chi connectivity index (χ0) is 23.5. The molecule has 8 heteroatoms. The monoisotopic (exact) mass is 438 g/mol. The molecule has 1 aliphatic heterocycles. The molecule has 1 heterocycles. The topological polar surface area (TPSA) is 113 Å². The summed E-state index contributed by atoms with van der Waals surface area (Å²) in [4.78, 5) is 52.2. The number of carboxylic acid groups (broad SMARTS) is 1. The van der Waals surface area contributed by atoms with E-state index >= 15 is 0 Å². The van der Waals surface area contributed by atoms with Crippen LogP contribution in [0.15, 0.2) is 54.6 Å². The van der Waals surface area contributed by atoms with Crippen LogP contribution in [-0.4, -0.2) is 58.5 Å². The zero-order valence-electron chi connectivity index (χ0n) is 18.2. The van der Waals surface area contributed by atoms with Crippen LogP contribution in [0.4, 0.5) is 4.79 Å². The van der Waals surface area contributed by atoms with Crippen LogP contribution in [0, 0.1) is 0 Å². The Hall–Kier alpha value is -3.68. The Morgan fingerprint density at radius 1 is 1.03 bits per heavy atom. The molecular weight excluding hydrogens is 412 g/mol. The number of fused-ring (bicyclic) bond motifs is 1. The van der Waals surface area contributed by atoms with Crippen molar-refractivity contribution in [3.05, 3.63) is 71.3 Å². The second-order valence-corrected chi connectivity index (χ2v) is 8.51. The molecule has 0 bridgehead atoms. The lowest BCUT2D eigenvalue weighted by molar-refractivity contribution is -0.140. The van der Waals surface area contributed by atoms with Gasteiger partial charge in [-0.25, -0.2) is 4.79 Å². The number of nitrogens with zero attached hydrogens (tertiary/aromatic N) is 1. The molecule has 32 heavy (non-hydrogen) atoms. The number of hydrogen-bond acceptors (Lipinski definition) is 5.